The Hall–Kier alpha value is -0.0500. The summed E-state index contributed by atoms with van der Waals surface area (Å²) in [5, 5.41) is 2.98. The van der Waals surface area contributed by atoms with Crippen molar-refractivity contribution in [3.63, 3.8) is 0 Å². The lowest BCUT2D eigenvalue weighted by atomic mass is 10.1. The van der Waals surface area contributed by atoms with E-state index in [1.807, 2.05) is 6.92 Å². The van der Waals surface area contributed by atoms with E-state index < -0.39 is 0 Å². The Morgan fingerprint density at radius 3 is 2.54 bits per heavy atom. The van der Waals surface area contributed by atoms with E-state index in [1.54, 1.807) is 0 Å². The van der Waals surface area contributed by atoms with Gasteiger partial charge in [-0.05, 0) is 19.8 Å². The number of hydrogen-bond acceptors (Lipinski definition) is 1. The van der Waals surface area contributed by atoms with Crippen LogP contribution in [0.5, 0.6) is 0 Å². The molecular formula is C10H20BrNO. The van der Waals surface area contributed by atoms with Gasteiger partial charge in [0.15, 0.2) is 0 Å². The van der Waals surface area contributed by atoms with Crippen LogP contribution in [0.3, 0.4) is 0 Å². The standard InChI is InChI=1S/C10H20BrNO/c1-4-6-7-8(3)12-10(13)9(11)5-2/h8-9H,4-7H2,1-3H3,(H,12,13). The van der Waals surface area contributed by atoms with Gasteiger partial charge < -0.3 is 5.32 Å². The van der Waals surface area contributed by atoms with E-state index in [4.69, 9.17) is 0 Å². The molecule has 0 heterocycles. The van der Waals surface area contributed by atoms with Crippen molar-refractivity contribution in [3.8, 4) is 0 Å². The Balaban J connectivity index is 3.64. The number of carbonyl (C=O) groups excluding carboxylic acids is 1. The highest BCUT2D eigenvalue weighted by Gasteiger charge is 2.13. The number of nitrogens with one attached hydrogen (secondary N) is 1. The molecule has 2 unspecified atom stereocenters. The van der Waals surface area contributed by atoms with Crippen LogP contribution >= 0.6 is 15.9 Å². The van der Waals surface area contributed by atoms with Gasteiger partial charge in [0.2, 0.25) is 5.91 Å². The number of unbranched alkanes of at least 4 members (excludes halogenated alkanes) is 1. The zero-order valence-corrected chi connectivity index (χ0v) is 10.4. The van der Waals surface area contributed by atoms with Crippen LogP contribution in [-0.4, -0.2) is 16.8 Å². The predicted molar refractivity (Wildman–Crippen MR) is 60.1 cm³/mol. The summed E-state index contributed by atoms with van der Waals surface area (Å²) in [7, 11) is 0. The SMILES string of the molecule is CCCCC(C)NC(=O)C(Br)CC. The summed E-state index contributed by atoms with van der Waals surface area (Å²) >= 11 is 3.33. The third kappa shape index (κ3) is 6.08. The largest absolute Gasteiger partial charge is 0.353 e. The fraction of sp³-hybridized carbons (Fsp3) is 0.900. The minimum atomic E-state index is -0.0309. The van der Waals surface area contributed by atoms with Crippen LogP contribution < -0.4 is 5.32 Å². The first-order chi connectivity index (χ1) is 6.11. The molecule has 0 aliphatic carbocycles. The van der Waals surface area contributed by atoms with E-state index in [0.717, 1.165) is 12.8 Å². The normalized spacial score (nSPS) is 15.1. The van der Waals surface area contributed by atoms with Crippen molar-refractivity contribution in [2.75, 3.05) is 0 Å². The molecule has 1 amide bonds. The Morgan fingerprint density at radius 1 is 1.46 bits per heavy atom. The molecule has 0 aromatic rings. The van der Waals surface area contributed by atoms with Crippen molar-refractivity contribution < 1.29 is 4.79 Å². The third-order valence-corrected chi connectivity index (χ3v) is 3.09. The summed E-state index contributed by atoms with van der Waals surface area (Å²) in [4.78, 5) is 11.4. The molecule has 0 aliphatic heterocycles. The molecule has 0 saturated heterocycles. The maximum absolute atomic E-state index is 11.4. The lowest BCUT2D eigenvalue weighted by Crippen LogP contribution is -2.37. The summed E-state index contributed by atoms with van der Waals surface area (Å²) in [6.07, 6.45) is 4.28. The minimum absolute atomic E-state index is 0.0309. The first-order valence-corrected chi connectivity index (χ1v) is 5.97. The van der Waals surface area contributed by atoms with Gasteiger partial charge in [0.25, 0.3) is 0 Å². The van der Waals surface area contributed by atoms with Gasteiger partial charge in [0.1, 0.15) is 0 Å². The van der Waals surface area contributed by atoms with Crippen molar-refractivity contribution in [2.24, 2.45) is 0 Å². The molecular weight excluding hydrogens is 230 g/mol. The van der Waals surface area contributed by atoms with Crippen LogP contribution in [0.25, 0.3) is 0 Å². The highest BCUT2D eigenvalue weighted by atomic mass is 79.9. The fourth-order valence-corrected chi connectivity index (χ4v) is 1.23. The topological polar surface area (TPSA) is 29.1 Å². The maximum atomic E-state index is 11.4. The molecule has 0 rings (SSSR count). The van der Waals surface area contributed by atoms with E-state index in [-0.39, 0.29) is 10.7 Å². The summed E-state index contributed by atoms with van der Waals surface area (Å²) in [5.41, 5.74) is 0. The van der Waals surface area contributed by atoms with Crippen LogP contribution in [-0.2, 0) is 4.79 Å². The third-order valence-electron chi connectivity index (χ3n) is 2.02. The molecule has 0 saturated carbocycles. The predicted octanol–water partition coefficient (Wildman–Crippen LogP) is 2.85. The molecule has 0 fully saturated rings. The number of amides is 1. The minimum Gasteiger partial charge on any atom is -0.353 e. The fourth-order valence-electron chi connectivity index (χ4n) is 1.10. The molecule has 13 heavy (non-hydrogen) atoms. The zero-order chi connectivity index (χ0) is 10.3. The second kappa shape index (κ2) is 7.36. The number of rotatable bonds is 6. The first-order valence-electron chi connectivity index (χ1n) is 5.06. The highest BCUT2D eigenvalue weighted by molar-refractivity contribution is 9.10. The van der Waals surface area contributed by atoms with E-state index in [9.17, 15) is 4.79 Å². The summed E-state index contributed by atoms with van der Waals surface area (Å²) in [6.45, 7) is 6.21. The number of carbonyl (C=O) groups is 1. The van der Waals surface area contributed by atoms with E-state index in [2.05, 4.69) is 35.1 Å². The molecule has 0 aliphatic rings. The lowest BCUT2D eigenvalue weighted by Gasteiger charge is -2.15. The molecule has 0 bridgehead atoms. The Morgan fingerprint density at radius 2 is 2.08 bits per heavy atom. The van der Waals surface area contributed by atoms with Crippen LogP contribution in [0.1, 0.15) is 46.5 Å². The van der Waals surface area contributed by atoms with Gasteiger partial charge in [0.05, 0.1) is 4.83 Å². The first kappa shape index (κ1) is 12.9. The van der Waals surface area contributed by atoms with Crippen molar-refractivity contribution in [1.29, 1.82) is 0 Å². The summed E-state index contributed by atoms with van der Waals surface area (Å²) < 4.78 is 0. The van der Waals surface area contributed by atoms with Crippen molar-refractivity contribution in [3.05, 3.63) is 0 Å². The van der Waals surface area contributed by atoms with Crippen LogP contribution in [0.2, 0.25) is 0 Å². The molecule has 3 heteroatoms. The Labute approximate surface area is 89.6 Å². The monoisotopic (exact) mass is 249 g/mol. The summed E-state index contributed by atoms with van der Waals surface area (Å²) in [6, 6.07) is 0.305. The van der Waals surface area contributed by atoms with Gasteiger partial charge in [-0.3, -0.25) is 4.79 Å². The molecule has 2 atom stereocenters. The molecule has 78 valence electrons. The molecule has 0 spiro atoms. The second-order valence-corrected chi connectivity index (χ2v) is 4.53. The van der Waals surface area contributed by atoms with E-state index in [0.29, 0.717) is 6.04 Å². The lowest BCUT2D eigenvalue weighted by molar-refractivity contribution is -0.121. The van der Waals surface area contributed by atoms with Crippen molar-refractivity contribution >= 4 is 21.8 Å². The smallest absolute Gasteiger partial charge is 0.233 e. The quantitative estimate of drug-likeness (QED) is 0.721. The number of alkyl halides is 1. The van der Waals surface area contributed by atoms with Crippen molar-refractivity contribution in [2.45, 2.75) is 57.3 Å². The molecule has 1 N–H and O–H groups in total. The molecule has 0 aromatic carbocycles. The van der Waals surface area contributed by atoms with E-state index in [1.165, 1.54) is 12.8 Å². The van der Waals surface area contributed by atoms with Gasteiger partial charge in [-0.1, -0.05) is 42.6 Å². The average Bonchev–Trinajstić information content (AvgIpc) is 2.13. The zero-order valence-electron chi connectivity index (χ0n) is 8.77. The number of halogens is 1. The van der Waals surface area contributed by atoms with Gasteiger partial charge in [-0.2, -0.15) is 0 Å². The van der Waals surface area contributed by atoms with Gasteiger partial charge in [-0.25, -0.2) is 0 Å². The highest BCUT2D eigenvalue weighted by Crippen LogP contribution is 2.06. The van der Waals surface area contributed by atoms with Crippen LogP contribution in [0, 0.1) is 0 Å². The Kier molecular flexibility index (Phi) is 7.33. The summed E-state index contributed by atoms with van der Waals surface area (Å²) in [5.74, 6) is 0.117. The van der Waals surface area contributed by atoms with Crippen LogP contribution in [0.15, 0.2) is 0 Å². The van der Waals surface area contributed by atoms with Crippen molar-refractivity contribution in [1.82, 2.24) is 5.32 Å². The molecule has 0 radical (unpaired) electrons. The van der Waals surface area contributed by atoms with Gasteiger partial charge in [-0.15, -0.1) is 0 Å². The Bertz CT molecular complexity index is 150. The number of hydrogen-bond donors (Lipinski definition) is 1. The van der Waals surface area contributed by atoms with Crippen LogP contribution in [0.4, 0.5) is 0 Å². The second-order valence-electron chi connectivity index (χ2n) is 3.43. The van der Waals surface area contributed by atoms with E-state index >= 15 is 0 Å². The van der Waals surface area contributed by atoms with Gasteiger partial charge in [0, 0.05) is 6.04 Å². The average molecular weight is 250 g/mol. The molecule has 2 nitrogen and oxygen atoms in total. The van der Waals surface area contributed by atoms with Gasteiger partial charge >= 0.3 is 0 Å². The molecule has 0 aromatic heterocycles. The maximum Gasteiger partial charge on any atom is 0.233 e.